The summed E-state index contributed by atoms with van der Waals surface area (Å²) in [6.45, 7) is 7.59. The molecule has 0 radical (unpaired) electrons. The summed E-state index contributed by atoms with van der Waals surface area (Å²) in [6, 6.07) is 0. The molecule has 0 aliphatic rings. The topological polar surface area (TPSA) is 35.2 Å². The second-order valence-corrected chi connectivity index (χ2v) is 2.81. The van der Waals surface area contributed by atoms with Crippen LogP contribution in [0.2, 0.25) is 0 Å². The van der Waals surface area contributed by atoms with Crippen LogP contribution >= 0.6 is 0 Å². The van der Waals surface area contributed by atoms with Gasteiger partial charge >= 0.3 is 0 Å². The van der Waals surface area contributed by atoms with Gasteiger partial charge in [0, 0.05) is 5.54 Å². The Balaban J connectivity index is 4.36. The Hall–Kier alpha value is -0.760. The lowest BCUT2D eigenvalue weighted by molar-refractivity contribution is 0.300. The van der Waals surface area contributed by atoms with Crippen molar-refractivity contribution >= 4 is 0 Å². The van der Waals surface area contributed by atoms with Crippen LogP contribution in [0.5, 0.6) is 0 Å². The standard InChI is InChI=1S/C9H17NO/c1-5-8(11-4)7-9(3,10)6-2/h5,7H,1,6,10H2,2-4H3/b8-7-. The van der Waals surface area contributed by atoms with Gasteiger partial charge in [-0.15, -0.1) is 0 Å². The van der Waals surface area contributed by atoms with Crippen molar-refractivity contribution in [3.05, 3.63) is 24.5 Å². The predicted octanol–water partition coefficient (Wildman–Crippen LogP) is 1.83. The van der Waals surface area contributed by atoms with E-state index in [2.05, 4.69) is 6.58 Å². The molecule has 2 heteroatoms. The molecule has 0 aliphatic carbocycles. The largest absolute Gasteiger partial charge is 0.497 e. The Kier molecular flexibility index (Phi) is 3.90. The number of nitrogens with two attached hydrogens (primary N) is 1. The van der Waals surface area contributed by atoms with Gasteiger partial charge in [-0.25, -0.2) is 0 Å². The first kappa shape index (κ1) is 10.2. The normalized spacial score (nSPS) is 17.3. The maximum Gasteiger partial charge on any atom is 0.116 e. The van der Waals surface area contributed by atoms with E-state index in [1.165, 1.54) is 0 Å². The van der Waals surface area contributed by atoms with Crippen molar-refractivity contribution in [1.82, 2.24) is 0 Å². The fourth-order valence-corrected chi connectivity index (χ4v) is 0.628. The van der Waals surface area contributed by atoms with Crippen molar-refractivity contribution in [3.8, 4) is 0 Å². The molecule has 0 bridgehead atoms. The number of allylic oxidation sites excluding steroid dienone is 1. The molecule has 0 aromatic carbocycles. The quantitative estimate of drug-likeness (QED) is 0.496. The van der Waals surface area contributed by atoms with E-state index < -0.39 is 0 Å². The molecule has 2 N–H and O–H groups in total. The molecule has 1 unspecified atom stereocenters. The molecular weight excluding hydrogens is 138 g/mol. The molecule has 11 heavy (non-hydrogen) atoms. The Bertz CT molecular complexity index is 159. The van der Waals surface area contributed by atoms with Crippen LogP contribution in [-0.2, 0) is 4.74 Å². The van der Waals surface area contributed by atoms with E-state index in [1.807, 2.05) is 19.9 Å². The first-order valence-electron chi connectivity index (χ1n) is 3.74. The van der Waals surface area contributed by atoms with E-state index in [0.29, 0.717) is 0 Å². The minimum absolute atomic E-state index is 0.292. The third kappa shape index (κ3) is 3.83. The SMILES string of the molecule is C=C/C(=C/C(C)(N)CC)OC. The van der Waals surface area contributed by atoms with Crippen LogP contribution in [0.3, 0.4) is 0 Å². The van der Waals surface area contributed by atoms with E-state index in [1.54, 1.807) is 13.2 Å². The van der Waals surface area contributed by atoms with Crippen LogP contribution in [0.25, 0.3) is 0 Å². The van der Waals surface area contributed by atoms with Gasteiger partial charge in [0.2, 0.25) is 0 Å². The monoisotopic (exact) mass is 155 g/mol. The minimum atomic E-state index is -0.292. The zero-order valence-corrected chi connectivity index (χ0v) is 7.55. The van der Waals surface area contributed by atoms with Crippen molar-refractivity contribution in [2.45, 2.75) is 25.8 Å². The molecule has 0 saturated carbocycles. The Morgan fingerprint density at radius 2 is 2.27 bits per heavy atom. The summed E-state index contributed by atoms with van der Waals surface area (Å²) in [5.74, 6) is 0.733. The van der Waals surface area contributed by atoms with Crippen LogP contribution in [0.1, 0.15) is 20.3 Å². The van der Waals surface area contributed by atoms with Gasteiger partial charge in [0.05, 0.1) is 7.11 Å². The van der Waals surface area contributed by atoms with Crippen LogP contribution in [0.4, 0.5) is 0 Å². The van der Waals surface area contributed by atoms with Gasteiger partial charge in [0.1, 0.15) is 5.76 Å². The second-order valence-electron chi connectivity index (χ2n) is 2.81. The van der Waals surface area contributed by atoms with Crippen LogP contribution in [-0.4, -0.2) is 12.6 Å². The third-order valence-electron chi connectivity index (χ3n) is 1.67. The summed E-state index contributed by atoms with van der Waals surface area (Å²) < 4.78 is 5.00. The summed E-state index contributed by atoms with van der Waals surface area (Å²) in [5, 5.41) is 0. The first-order chi connectivity index (χ1) is 5.05. The molecule has 0 amide bonds. The van der Waals surface area contributed by atoms with Crippen molar-refractivity contribution in [3.63, 3.8) is 0 Å². The molecule has 0 spiro atoms. The van der Waals surface area contributed by atoms with Gasteiger partial charge in [-0.1, -0.05) is 13.5 Å². The summed E-state index contributed by atoms with van der Waals surface area (Å²) >= 11 is 0. The van der Waals surface area contributed by atoms with E-state index >= 15 is 0 Å². The minimum Gasteiger partial charge on any atom is -0.497 e. The summed E-state index contributed by atoms with van der Waals surface area (Å²) in [4.78, 5) is 0. The average molecular weight is 155 g/mol. The van der Waals surface area contributed by atoms with E-state index in [0.717, 1.165) is 12.2 Å². The number of hydrogen-bond donors (Lipinski definition) is 1. The smallest absolute Gasteiger partial charge is 0.116 e. The molecular formula is C9H17NO. The van der Waals surface area contributed by atoms with Gasteiger partial charge in [-0.2, -0.15) is 0 Å². The summed E-state index contributed by atoms with van der Waals surface area (Å²) in [7, 11) is 1.61. The molecule has 0 aliphatic heterocycles. The molecule has 0 aromatic rings. The van der Waals surface area contributed by atoms with Gasteiger partial charge in [-0.05, 0) is 25.5 Å². The van der Waals surface area contributed by atoms with Crippen molar-refractivity contribution in [1.29, 1.82) is 0 Å². The predicted molar refractivity (Wildman–Crippen MR) is 48.2 cm³/mol. The average Bonchev–Trinajstić information content (AvgIpc) is 2.00. The molecule has 0 rings (SSSR count). The van der Waals surface area contributed by atoms with E-state index in [-0.39, 0.29) is 5.54 Å². The molecule has 0 aromatic heterocycles. The highest BCUT2D eigenvalue weighted by Crippen LogP contribution is 2.10. The molecule has 2 nitrogen and oxygen atoms in total. The first-order valence-corrected chi connectivity index (χ1v) is 3.74. The molecule has 1 atom stereocenters. The summed E-state index contributed by atoms with van der Waals surface area (Å²) in [6.07, 6.45) is 4.41. The zero-order valence-electron chi connectivity index (χ0n) is 7.55. The fraction of sp³-hybridized carbons (Fsp3) is 0.556. The lowest BCUT2D eigenvalue weighted by Crippen LogP contribution is -2.32. The molecule has 0 fully saturated rings. The van der Waals surface area contributed by atoms with Gasteiger partial charge in [0.25, 0.3) is 0 Å². The van der Waals surface area contributed by atoms with Crippen molar-refractivity contribution in [2.75, 3.05) is 7.11 Å². The van der Waals surface area contributed by atoms with Crippen LogP contribution in [0, 0.1) is 0 Å². The molecule has 64 valence electrons. The highest BCUT2D eigenvalue weighted by molar-refractivity contribution is 5.15. The van der Waals surface area contributed by atoms with Gasteiger partial charge in [-0.3, -0.25) is 0 Å². The van der Waals surface area contributed by atoms with E-state index in [4.69, 9.17) is 10.5 Å². The Labute approximate surface area is 68.7 Å². The highest BCUT2D eigenvalue weighted by Gasteiger charge is 2.12. The van der Waals surface area contributed by atoms with Crippen molar-refractivity contribution < 1.29 is 4.74 Å². The Morgan fingerprint density at radius 1 is 1.73 bits per heavy atom. The highest BCUT2D eigenvalue weighted by atomic mass is 16.5. The maximum absolute atomic E-state index is 5.86. The Morgan fingerprint density at radius 3 is 2.55 bits per heavy atom. The van der Waals surface area contributed by atoms with Gasteiger partial charge < -0.3 is 10.5 Å². The number of ether oxygens (including phenoxy) is 1. The number of rotatable bonds is 4. The molecule has 0 heterocycles. The fourth-order valence-electron chi connectivity index (χ4n) is 0.628. The summed E-state index contributed by atoms with van der Waals surface area (Å²) in [5.41, 5.74) is 5.57. The lowest BCUT2D eigenvalue weighted by Gasteiger charge is -2.18. The second kappa shape index (κ2) is 4.19. The van der Waals surface area contributed by atoms with E-state index in [9.17, 15) is 0 Å². The van der Waals surface area contributed by atoms with Gasteiger partial charge in [0.15, 0.2) is 0 Å². The number of methoxy groups -OCH3 is 1. The number of hydrogen-bond acceptors (Lipinski definition) is 2. The molecule has 0 saturated heterocycles. The lowest BCUT2D eigenvalue weighted by atomic mass is 9.99. The third-order valence-corrected chi connectivity index (χ3v) is 1.67. The van der Waals surface area contributed by atoms with Crippen molar-refractivity contribution in [2.24, 2.45) is 5.73 Å². The maximum atomic E-state index is 5.86. The van der Waals surface area contributed by atoms with Crippen LogP contribution in [0.15, 0.2) is 24.5 Å². The van der Waals surface area contributed by atoms with Crippen LogP contribution < -0.4 is 5.73 Å². The zero-order chi connectivity index (χ0) is 8.91.